The minimum Gasteiger partial charge on any atom is -0.490 e. The molecule has 0 aliphatic carbocycles. The lowest BCUT2D eigenvalue weighted by Crippen LogP contribution is -2.34. The van der Waals surface area contributed by atoms with Crippen LogP contribution in [0.3, 0.4) is 0 Å². The first kappa shape index (κ1) is 16.1. The molecule has 0 aromatic heterocycles. The molecule has 0 unspecified atom stereocenters. The third-order valence-electron chi connectivity index (χ3n) is 4.48. The molecule has 2 aliphatic rings. The van der Waals surface area contributed by atoms with Crippen LogP contribution in [0.1, 0.15) is 24.0 Å². The van der Waals surface area contributed by atoms with Crippen LogP contribution in [0.5, 0.6) is 5.75 Å². The van der Waals surface area contributed by atoms with Crippen molar-refractivity contribution >= 4 is 15.7 Å². The summed E-state index contributed by atoms with van der Waals surface area (Å²) in [7, 11) is -2.88. The number of hydrogen-bond donors (Lipinski definition) is 0. The van der Waals surface area contributed by atoms with E-state index in [0.717, 1.165) is 17.7 Å². The van der Waals surface area contributed by atoms with Crippen LogP contribution in [0, 0.1) is 0 Å². The lowest BCUT2D eigenvalue weighted by atomic mass is 9.99. The van der Waals surface area contributed by atoms with Gasteiger partial charge in [-0.2, -0.15) is 0 Å². The van der Waals surface area contributed by atoms with Crippen molar-refractivity contribution in [3.63, 3.8) is 0 Å². The molecule has 1 aromatic rings. The first-order chi connectivity index (χ1) is 11.0. The highest BCUT2D eigenvalue weighted by Crippen LogP contribution is 2.26. The summed E-state index contributed by atoms with van der Waals surface area (Å²) in [5, 5.41) is 0. The Hall–Kier alpha value is -1.82. The van der Waals surface area contributed by atoms with Gasteiger partial charge in [-0.25, -0.2) is 8.42 Å². The molecule has 0 bridgehead atoms. The average molecular weight is 335 g/mol. The zero-order valence-corrected chi connectivity index (χ0v) is 13.8. The highest BCUT2D eigenvalue weighted by molar-refractivity contribution is 7.91. The molecule has 2 aliphatic heterocycles. The molecule has 0 saturated carbocycles. The van der Waals surface area contributed by atoms with Gasteiger partial charge in [-0.15, -0.1) is 0 Å². The summed E-state index contributed by atoms with van der Waals surface area (Å²) in [4.78, 5) is 13.5. The van der Waals surface area contributed by atoms with Crippen molar-refractivity contribution in [2.24, 2.45) is 0 Å². The van der Waals surface area contributed by atoms with E-state index in [1.165, 1.54) is 11.6 Å². The molecule has 1 saturated heterocycles. The van der Waals surface area contributed by atoms with Crippen molar-refractivity contribution in [3.8, 4) is 5.75 Å². The van der Waals surface area contributed by atoms with Gasteiger partial charge < -0.3 is 9.64 Å². The molecule has 3 rings (SSSR count). The Morgan fingerprint density at radius 1 is 1.26 bits per heavy atom. The molecule has 2 heterocycles. The van der Waals surface area contributed by atoms with E-state index < -0.39 is 9.84 Å². The van der Waals surface area contributed by atoms with Crippen LogP contribution in [-0.4, -0.2) is 43.4 Å². The third kappa shape index (κ3) is 3.75. The molecule has 5 nitrogen and oxygen atoms in total. The molecule has 0 spiro atoms. The molecule has 0 radical (unpaired) electrons. The summed E-state index contributed by atoms with van der Waals surface area (Å²) >= 11 is 0. The second-order valence-corrected chi connectivity index (χ2v) is 8.42. The van der Waals surface area contributed by atoms with Crippen LogP contribution in [0.15, 0.2) is 30.9 Å². The topological polar surface area (TPSA) is 63.7 Å². The van der Waals surface area contributed by atoms with Crippen LogP contribution >= 0.6 is 0 Å². The second-order valence-electron chi connectivity index (χ2n) is 6.11. The van der Waals surface area contributed by atoms with Crippen molar-refractivity contribution in [3.05, 3.63) is 42.0 Å². The standard InChI is InChI=1S/C17H21NO4S/c1-2-17(19)18-8-5-13-3-4-16(11-14(13)12-18)22-15-6-9-23(20,21)10-7-15/h2-4,11,15H,1,5-10,12H2. The third-order valence-corrected chi connectivity index (χ3v) is 6.20. The first-order valence-electron chi connectivity index (χ1n) is 7.87. The van der Waals surface area contributed by atoms with Crippen LogP contribution < -0.4 is 4.74 Å². The molecule has 1 aromatic carbocycles. The number of hydrogen-bond acceptors (Lipinski definition) is 4. The summed E-state index contributed by atoms with van der Waals surface area (Å²) in [6.45, 7) is 4.81. The Labute approximate surface area is 136 Å². The molecule has 1 fully saturated rings. The van der Waals surface area contributed by atoms with Gasteiger partial charge in [0.05, 0.1) is 11.5 Å². The Bertz CT molecular complexity index is 712. The maximum absolute atomic E-state index is 11.8. The smallest absolute Gasteiger partial charge is 0.246 e. The summed E-state index contributed by atoms with van der Waals surface area (Å²) in [6, 6.07) is 5.95. The quantitative estimate of drug-likeness (QED) is 0.789. The molecule has 6 heteroatoms. The molecule has 124 valence electrons. The van der Waals surface area contributed by atoms with Gasteiger partial charge in [0.2, 0.25) is 5.91 Å². The van der Waals surface area contributed by atoms with E-state index in [1.54, 1.807) is 4.90 Å². The fourth-order valence-electron chi connectivity index (χ4n) is 3.10. The van der Waals surface area contributed by atoms with E-state index in [2.05, 4.69) is 6.58 Å². The largest absolute Gasteiger partial charge is 0.490 e. The number of carbonyl (C=O) groups is 1. The number of rotatable bonds is 3. The number of ether oxygens (including phenoxy) is 1. The van der Waals surface area contributed by atoms with Crippen LogP contribution in [0.25, 0.3) is 0 Å². The van der Waals surface area contributed by atoms with Crippen LogP contribution in [-0.2, 0) is 27.6 Å². The fourth-order valence-corrected chi connectivity index (χ4v) is 4.55. The molecule has 0 N–H and O–H groups in total. The summed E-state index contributed by atoms with van der Waals surface area (Å²) in [6.07, 6.45) is 3.21. The molecular weight excluding hydrogens is 314 g/mol. The molecule has 0 atom stereocenters. The first-order valence-corrected chi connectivity index (χ1v) is 9.69. The number of carbonyl (C=O) groups excluding carboxylic acids is 1. The van der Waals surface area contributed by atoms with Gasteiger partial charge in [-0.3, -0.25) is 4.79 Å². The van der Waals surface area contributed by atoms with Crippen LogP contribution in [0.2, 0.25) is 0 Å². The summed E-state index contributed by atoms with van der Waals surface area (Å²) in [5.41, 5.74) is 2.32. The normalized spacial score (nSPS) is 20.6. The van der Waals surface area contributed by atoms with E-state index >= 15 is 0 Å². The van der Waals surface area contributed by atoms with Crippen LogP contribution in [0.4, 0.5) is 0 Å². The summed E-state index contributed by atoms with van der Waals surface area (Å²) in [5.74, 6) is 1.09. The Kier molecular flexibility index (Phi) is 4.43. The molecule has 23 heavy (non-hydrogen) atoms. The van der Waals surface area contributed by atoms with E-state index in [0.29, 0.717) is 25.9 Å². The Balaban J connectivity index is 1.69. The maximum Gasteiger partial charge on any atom is 0.246 e. The van der Waals surface area contributed by atoms with E-state index in [1.807, 2.05) is 18.2 Å². The zero-order valence-electron chi connectivity index (χ0n) is 13.0. The number of sulfone groups is 1. The van der Waals surface area contributed by atoms with Gasteiger partial charge >= 0.3 is 0 Å². The van der Waals surface area contributed by atoms with Crippen molar-refractivity contribution in [2.75, 3.05) is 18.1 Å². The van der Waals surface area contributed by atoms with E-state index in [-0.39, 0.29) is 23.5 Å². The molecule has 1 amide bonds. The number of amides is 1. The van der Waals surface area contributed by atoms with Crippen molar-refractivity contribution in [1.82, 2.24) is 4.90 Å². The average Bonchev–Trinajstić information content (AvgIpc) is 2.55. The van der Waals surface area contributed by atoms with Gasteiger partial charge in [0.1, 0.15) is 11.9 Å². The highest BCUT2D eigenvalue weighted by Gasteiger charge is 2.25. The molecular formula is C17H21NO4S. The predicted octanol–water partition coefficient (Wildman–Crippen LogP) is 1.71. The van der Waals surface area contributed by atoms with Crippen molar-refractivity contribution in [1.29, 1.82) is 0 Å². The van der Waals surface area contributed by atoms with Gasteiger partial charge in [0.25, 0.3) is 0 Å². The maximum atomic E-state index is 11.8. The minimum atomic E-state index is -2.88. The Morgan fingerprint density at radius 3 is 2.70 bits per heavy atom. The lowest BCUT2D eigenvalue weighted by Gasteiger charge is -2.29. The zero-order chi connectivity index (χ0) is 16.4. The number of fused-ring (bicyclic) bond motifs is 1. The SMILES string of the molecule is C=CC(=O)N1CCc2ccc(OC3CCS(=O)(=O)CC3)cc2C1. The monoisotopic (exact) mass is 335 g/mol. The predicted molar refractivity (Wildman–Crippen MR) is 88.1 cm³/mol. The van der Waals surface area contributed by atoms with E-state index in [9.17, 15) is 13.2 Å². The highest BCUT2D eigenvalue weighted by atomic mass is 32.2. The van der Waals surface area contributed by atoms with Gasteiger partial charge in [0, 0.05) is 13.1 Å². The fraction of sp³-hybridized carbons (Fsp3) is 0.471. The minimum absolute atomic E-state index is 0.0499. The van der Waals surface area contributed by atoms with Gasteiger partial charge in [0.15, 0.2) is 9.84 Å². The van der Waals surface area contributed by atoms with E-state index in [4.69, 9.17) is 4.74 Å². The number of nitrogens with zero attached hydrogens (tertiary/aromatic N) is 1. The second kappa shape index (κ2) is 6.35. The lowest BCUT2D eigenvalue weighted by molar-refractivity contribution is -0.126. The van der Waals surface area contributed by atoms with Crippen molar-refractivity contribution < 1.29 is 17.9 Å². The van der Waals surface area contributed by atoms with Crippen molar-refractivity contribution in [2.45, 2.75) is 31.9 Å². The van der Waals surface area contributed by atoms with Gasteiger partial charge in [-0.05, 0) is 48.6 Å². The van der Waals surface area contributed by atoms with Gasteiger partial charge in [-0.1, -0.05) is 12.6 Å². The number of benzene rings is 1. The summed E-state index contributed by atoms with van der Waals surface area (Å²) < 4.78 is 28.9. The Morgan fingerprint density at radius 2 is 2.00 bits per heavy atom.